The van der Waals surface area contributed by atoms with E-state index in [9.17, 15) is 4.79 Å². The third-order valence-electron chi connectivity index (χ3n) is 4.59. The summed E-state index contributed by atoms with van der Waals surface area (Å²) in [5.41, 5.74) is 1.95. The lowest BCUT2D eigenvalue weighted by Crippen LogP contribution is -2.15. The third-order valence-corrected chi connectivity index (χ3v) is 6.06. The maximum atomic E-state index is 12.8. The number of pyridine rings is 1. The maximum absolute atomic E-state index is 12.8. The molecule has 4 rings (SSSR count). The lowest BCUT2D eigenvalue weighted by atomic mass is 9.90. The number of imidazole rings is 1. The highest BCUT2D eigenvalue weighted by molar-refractivity contribution is 9.10. The number of amides is 1. The Bertz CT molecular complexity index is 928. The molecule has 130 valence electrons. The summed E-state index contributed by atoms with van der Waals surface area (Å²) in [5.74, 6) is 0.278. The second kappa shape index (κ2) is 6.84. The smallest absolute Gasteiger partial charge is 0.276 e. The van der Waals surface area contributed by atoms with E-state index in [1.807, 2.05) is 25.3 Å². The number of carbonyl (C=O) groups excluding carboxylic acids is 1. The van der Waals surface area contributed by atoms with Crippen LogP contribution >= 0.6 is 27.3 Å². The summed E-state index contributed by atoms with van der Waals surface area (Å²) in [6.45, 7) is 1.84. The minimum atomic E-state index is -0.213. The van der Waals surface area contributed by atoms with Gasteiger partial charge in [-0.05, 0) is 47.8 Å². The van der Waals surface area contributed by atoms with Crippen molar-refractivity contribution < 1.29 is 4.79 Å². The van der Waals surface area contributed by atoms with Crippen LogP contribution in [-0.4, -0.2) is 25.5 Å². The molecule has 0 unspecified atom stereocenters. The molecule has 1 N–H and O–H groups in total. The minimum Gasteiger partial charge on any atom is -0.295 e. The van der Waals surface area contributed by atoms with E-state index < -0.39 is 0 Å². The van der Waals surface area contributed by atoms with E-state index in [-0.39, 0.29) is 5.91 Å². The summed E-state index contributed by atoms with van der Waals surface area (Å²) in [6, 6.07) is 3.78. The van der Waals surface area contributed by atoms with Gasteiger partial charge in [0, 0.05) is 16.6 Å². The van der Waals surface area contributed by atoms with Gasteiger partial charge in [0.2, 0.25) is 5.13 Å². The summed E-state index contributed by atoms with van der Waals surface area (Å²) >= 11 is 4.92. The highest BCUT2D eigenvalue weighted by Gasteiger charge is 2.22. The molecule has 25 heavy (non-hydrogen) atoms. The molecule has 0 atom stereocenters. The Balaban J connectivity index is 1.57. The Morgan fingerprint density at radius 2 is 2.08 bits per heavy atom. The number of aromatic nitrogens is 4. The highest BCUT2D eigenvalue weighted by Crippen LogP contribution is 2.35. The predicted molar refractivity (Wildman–Crippen MR) is 101 cm³/mol. The van der Waals surface area contributed by atoms with Crippen LogP contribution in [0.25, 0.3) is 5.65 Å². The van der Waals surface area contributed by atoms with Crippen LogP contribution in [0.15, 0.2) is 22.8 Å². The molecule has 1 amide bonds. The molecule has 8 heteroatoms. The zero-order chi connectivity index (χ0) is 17.4. The van der Waals surface area contributed by atoms with E-state index in [0.717, 1.165) is 15.1 Å². The first-order valence-electron chi connectivity index (χ1n) is 8.41. The molecule has 1 fully saturated rings. The van der Waals surface area contributed by atoms with Crippen molar-refractivity contribution in [3.05, 3.63) is 39.2 Å². The standard InChI is InChI=1S/C17H18BrN5OS/c1-10-14(23-9-12(18)7-8-13(23)19-10)15(24)20-17-22-21-16(25-17)11-5-3-2-4-6-11/h7-9,11H,2-6H2,1H3,(H,20,22,24). The van der Waals surface area contributed by atoms with Crippen molar-refractivity contribution in [3.63, 3.8) is 0 Å². The average Bonchev–Trinajstić information content (AvgIpc) is 3.19. The van der Waals surface area contributed by atoms with E-state index in [2.05, 4.69) is 36.4 Å². The number of fused-ring (bicyclic) bond motifs is 1. The molecule has 0 bridgehead atoms. The minimum absolute atomic E-state index is 0.213. The predicted octanol–water partition coefficient (Wildman–Crippen LogP) is 4.56. The van der Waals surface area contributed by atoms with Gasteiger partial charge in [-0.1, -0.05) is 30.6 Å². The number of halogens is 1. The number of anilines is 1. The fourth-order valence-electron chi connectivity index (χ4n) is 3.37. The highest BCUT2D eigenvalue weighted by atomic mass is 79.9. The van der Waals surface area contributed by atoms with Crippen LogP contribution in [0.3, 0.4) is 0 Å². The molecule has 3 aromatic heterocycles. The number of hydrogen-bond donors (Lipinski definition) is 1. The van der Waals surface area contributed by atoms with Gasteiger partial charge < -0.3 is 0 Å². The number of nitrogens with one attached hydrogen (secondary N) is 1. The van der Waals surface area contributed by atoms with Gasteiger partial charge in [0.1, 0.15) is 16.3 Å². The summed E-state index contributed by atoms with van der Waals surface area (Å²) in [6.07, 6.45) is 8.00. The SMILES string of the molecule is Cc1nc2ccc(Br)cn2c1C(=O)Nc1nnc(C2CCCCC2)s1. The van der Waals surface area contributed by atoms with E-state index in [0.29, 0.717) is 22.4 Å². The Morgan fingerprint density at radius 3 is 2.88 bits per heavy atom. The van der Waals surface area contributed by atoms with E-state index >= 15 is 0 Å². The largest absolute Gasteiger partial charge is 0.295 e. The molecule has 0 aliphatic heterocycles. The molecule has 3 aromatic rings. The second-order valence-electron chi connectivity index (χ2n) is 6.36. The molecule has 0 aromatic carbocycles. The van der Waals surface area contributed by atoms with Gasteiger partial charge in [-0.2, -0.15) is 0 Å². The number of carbonyl (C=O) groups is 1. The van der Waals surface area contributed by atoms with Crippen molar-refractivity contribution in [1.29, 1.82) is 0 Å². The molecule has 1 saturated carbocycles. The van der Waals surface area contributed by atoms with Crippen LogP contribution in [0.2, 0.25) is 0 Å². The molecule has 0 spiro atoms. The Hall–Kier alpha value is -1.80. The van der Waals surface area contributed by atoms with Gasteiger partial charge in [0.25, 0.3) is 5.91 Å². The van der Waals surface area contributed by atoms with Crippen molar-refractivity contribution in [3.8, 4) is 0 Å². The van der Waals surface area contributed by atoms with Gasteiger partial charge >= 0.3 is 0 Å². The van der Waals surface area contributed by atoms with Crippen molar-refractivity contribution in [2.75, 3.05) is 5.32 Å². The average molecular weight is 420 g/mol. The summed E-state index contributed by atoms with van der Waals surface area (Å²) in [7, 11) is 0. The topological polar surface area (TPSA) is 72.2 Å². The van der Waals surface area contributed by atoms with Gasteiger partial charge in [-0.15, -0.1) is 10.2 Å². The van der Waals surface area contributed by atoms with Crippen LogP contribution in [0, 0.1) is 6.92 Å². The number of hydrogen-bond acceptors (Lipinski definition) is 5. The van der Waals surface area contributed by atoms with Crippen LogP contribution in [0.5, 0.6) is 0 Å². The zero-order valence-electron chi connectivity index (χ0n) is 13.8. The molecule has 3 heterocycles. The Kier molecular flexibility index (Phi) is 4.56. The maximum Gasteiger partial charge on any atom is 0.276 e. The number of nitrogens with zero attached hydrogens (tertiary/aromatic N) is 4. The third kappa shape index (κ3) is 3.32. The molecule has 0 radical (unpaired) electrons. The molecular weight excluding hydrogens is 402 g/mol. The normalized spacial score (nSPS) is 15.6. The summed E-state index contributed by atoms with van der Waals surface area (Å²) in [4.78, 5) is 17.2. The van der Waals surface area contributed by atoms with Gasteiger partial charge in [-0.3, -0.25) is 14.5 Å². The first-order valence-corrected chi connectivity index (χ1v) is 10.0. The molecule has 1 aliphatic rings. The Labute approximate surface area is 157 Å². The van der Waals surface area contributed by atoms with Crippen LogP contribution < -0.4 is 5.32 Å². The lowest BCUT2D eigenvalue weighted by Gasteiger charge is -2.18. The molecule has 6 nitrogen and oxygen atoms in total. The van der Waals surface area contributed by atoms with Crippen molar-refractivity contribution in [2.24, 2.45) is 0 Å². The first kappa shape index (κ1) is 16.7. The first-order chi connectivity index (χ1) is 12.1. The fraction of sp³-hybridized carbons (Fsp3) is 0.412. The van der Waals surface area contributed by atoms with Crippen molar-refractivity contribution >= 4 is 44.0 Å². The Morgan fingerprint density at radius 1 is 1.28 bits per heavy atom. The summed E-state index contributed by atoms with van der Waals surface area (Å²) in [5, 5.41) is 12.9. The quantitative estimate of drug-likeness (QED) is 0.675. The van der Waals surface area contributed by atoms with Crippen molar-refractivity contribution in [2.45, 2.75) is 44.9 Å². The van der Waals surface area contributed by atoms with E-state index in [1.165, 1.54) is 43.4 Å². The van der Waals surface area contributed by atoms with Crippen LogP contribution in [0.1, 0.15) is 59.2 Å². The fourth-order valence-corrected chi connectivity index (χ4v) is 4.61. The van der Waals surface area contributed by atoms with Crippen molar-refractivity contribution in [1.82, 2.24) is 19.6 Å². The number of rotatable bonds is 3. The van der Waals surface area contributed by atoms with Gasteiger partial charge in [-0.25, -0.2) is 4.98 Å². The summed E-state index contributed by atoms with van der Waals surface area (Å²) < 4.78 is 2.68. The second-order valence-corrected chi connectivity index (χ2v) is 8.28. The molecular formula is C17H18BrN5OS. The monoisotopic (exact) mass is 419 g/mol. The lowest BCUT2D eigenvalue weighted by molar-refractivity contribution is 0.102. The number of aryl methyl sites for hydroxylation is 1. The van der Waals surface area contributed by atoms with Gasteiger partial charge in [0.15, 0.2) is 0 Å². The van der Waals surface area contributed by atoms with Crippen LogP contribution in [-0.2, 0) is 0 Å². The van der Waals surface area contributed by atoms with E-state index in [4.69, 9.17) is 0 Å². The zero-order valence-corrected chi connectivity index (χ0v) is 16.2. The molecule has 0 saturated heterocycles. The van der Waals surface area contributed by atoms with Gasteiger partial charge in [0.05, 0.1) is 5.69 Å². The van der Waals surface area contributed by atoms with Crippen LogP contribution in [0.4, 0.5) is 5.13 Å². The molecule has 1 aliphatic carbocycles. The van der Waals surface area contributed by atoms with E-state index in [1.54, 1.807) is 4.40 Å².